The largest absolute Gasteiger partial charge is 0.311 e. The monoisotopic (exact) mass is 279 g/mol. The molecular formula is C18H30FN. The maximum atomic E-state index is 13.5. The van der Waals surface area contributed by atoms with E-state index in [9.17, 15) is 4.39 Å². The van der Waals surface area contributed by atoms with Gasteiger partial charge in [0.2, 0.25) is 0 Å². The van der Waals surface area contributed by atoms with Gasteiger partial charge in [0.05, 0.1) is 0 Å². The number of halogens is 1. The number of hydrogen-bond acceptors (Lipinski definition) is 1. The Morgan fingerprint density at radius 1 is 1.10 bits per heavy atom. The minimum atomic E-state index is -0.140. The van der Waals surface area contributed by atoms with Crippen molar-refractivity contribution in [2.24, 2.45) is 5.41 Å². The lowest BCUT2D eigenvalue weighted by Crippen LogP contribution is -2.38. The molecule has 0 amide bonds. The summed E-state index contributed by atoms with van der Waals surface area (Å²) in [5.41, 5.74) is 1.51. The molecule has 0 aliphatic rings. The summed E-state index contributed by atoms with van der Waals surface area (Å²) in [5.74, 6) is 0.225. The van der Waals surface area contributed by atoms with Crippen molar-refractivity contribution in [3.63, 3.8) is 0 Å². The van der Waals surface area contributed by atoms with Crippen molar-refractivity contribution in [3.8, 4) is 0 Å². The van der Waals surface area contributed by atoms with Crippen LogP contribution in [-0.4, -0.2) is 12.1 Å². The van der Waals surface area contributed by atoms with E-state index in [4.69, 9.17) is 0 Å². The van der Waals surface area contributed by atoms with Crippen LogP contribution >= 0.6 is 0 Å². The van der Waals surface area contributed by atoms with Gasteiger partial charge in [0, 0.05) is 12.1 Å². The van der Waals surface area contributed by atoms with Crippen LogP contribution in [0.1, 0.15) is 65.9 Å². The van der Waals surface area contributed by atoms with Crippen molar-refractivity contribution in [3.05, 3.63) is 35.6 Å². The van der Waals surface area contributed by atoms with Gasteiger partial charge in [-0.2, -0.15) is 0 Å². The van der Waals surface area contributed by atoms with E-state index >= 15 is 0 Å². The van der Waals surface area contributed by atoms with E-state index in [1.54, 1.807) is 6.07 Å². The maximum absolute atomic E-state index is 13.5. The first-order valence-corrected chi connectivity index (χ1v) is 7.57. The molecule has 2 heteroatoms. The highest BCUT2D eigenvalue weighted by molar-refractivity contribution is 5.21. The summed E-state index contributed by atoms with van der Waals surface area (Å²) < 4.78 is 13.5. The average Bonchev–Trinajstić information content (AvgIpc) is 2.26. The number of rotatable bonds is 5. The zero-order valence-electron chi connectivity index (χ0n) is 13.9. The van der Waals surface area contributed by atoms with Crippen molar-refractivity contribution < 1.29 is 4.39 Å². The summed E-state index contributed by atoms with van der Waals surface area (Å²) in [5, 5.41) is 3.55. The van der Waals surface area contributed by atoms with Gasteiger partial charge in [-0.3, -0.25) is 0 Å². The normalized spacial score (nSPS) is 14.3. The van der Waals surface area contributed by atoms with Gasteiger partial charge in [0.1, 0.15) is 5.82 Å². The second kappa shape index (κ2) is 6.71. The molecule has 0 saturated heterocycles. The van der Waals surface area contributed by atoms with Crippen molar-refractivity contribution in [1.82, 2.24) is 5.32 Å². The lowest BCUT2D eigenvalue weighted by Gasteiger charge is -2.28. The molecule has 0 spiro atoms. The third kappa shape index (κ3) is 7.04. The molecule has 0 bridgehead atoms. The predicted molar refractivity (Wildman–Crippen MR) is 85.6 cm³/mol. The van der Waals surface area contributed by atoms with Gasteiger partial charge >= 0.3 is 0 Å². The van der Waals surface area contributed by atoms with Crippen molar-refractivity contribution in [1.29, 1.82) is 0 Å². The lowest BCUT2D eigenvalue weighted by atomic mass is 9.84. The van der Waals surface area contributed by atoms with Crippen LogP contribution in [0.25, 0.3) is 0 Å². The summed E-state index contributed by atoms with van der Waals surface area (Å²) in [6, 6.07) is 7.05. The summed E-state index contributed by atoms with van der Waals surface area (Å²) in [6.07, 6.45) is 2.22. The highest BCUT2D eigenvalue weighted by Gasteiger charge is 2.19. The van der Waals surface area contributed by atoms with Crippen LogP contribution in [-0.2, 0) is 0 Å². The number of nitrogens with one attached hydrogen (secondary N) is 1. The van der Waals surface area contributed by atoms with Gasteiger partial charge in [0.15, 0.2) is 0 Å². The van der Waals surface area contributed by atoms with Crippen LogP contribution in [0.3, 0.4) is 0 Å². The summed E-state index contributed by atoms with van der Waals surface area (Å²) in [6.45, 7) is 14.2. The molecule has 0 aliphatic heterocycles. The van der Waals surface area contributed by atoms with Gasteiger partial charge in [-0.05, 0) is 62.6 Å². The molecule has 0 aromatic heterocycles. The molecule has 0 heterocycles. The van der Waals surface area contributed by atoms with Crippen LogP contribution in [0.15, 0.2) is 24.3 Å². The van der Waals surface area contributed by atoms with Crippen LogP contribution < -0.4 is 5.32 Å². The molecule has 0 saturated carbocycles. The number of hydrogen-bond donors (Lipinski definition) is 1. The predicted octanol–water partition coefficient (Wildman–Crippen LogP) is 5.12. The minimum absolute atomic E-state index is 0.0906. The van der Waals surface area contributed by atoms with E-state index in [2.05, 4.69) is 46.9 Å². The van der Waals surface area contributed by atoms with E-state index in [0.29, 0.717) is 11.3 Å². The SMILES string of the molecule is CC(C)(C)CCC(CNC(C)(C)C)c1cccc(F)c1. The van der Waals surface area contributed by atoms with Crippen LogP contribution in [0, 0.1) is 11.2 Å². The molecule has 0 aliphatic carbocycles. The van der Waals surface area contributed by atoms with Crippen molar-refractivity contribution >= 4 is 0 Å². The Morgan fingerprint density at radius 3 is 2.25 bits per heavy atom. The second-order valence-corrected chi connectivity index (χ2v) is 7.98. The summed E-state index contributed by atoms with van der Waals surface area (Å²) in [7, 11) is 0. The summed E-state index contributed by atoms with van der Waals surface area (Å²) in [4.78, 5) is 0. The fraction of sp³-hybridized carbons (Fsp3) is 0.667. The van der Waals surface area contributed by atoms with E-state index in [-0.39, 0.29) is 11.4 Å². The molecule has 1 atom stereocenters. The molecule has 1 rings (SSSR count). The molecule has 1 nitrogen and oxygen atoms in total. The first-order valence-electron chi connectivity index (χ1n) is 7.57. The quantitative estimate of drug-likeness (QED) is 0.788. The van der Waals surface area contributed by atoms with Gasteiger partial charge in [0.25, 0.3) is 0 Å². The third-order valence-electron chi connectivity index (χ3n) is 3.44. The minimum Gasteiger partial charge on any atom is -0.311 e. The Kier molecular flexibility index (Phi) is 5.76. The lowest BCUT2D eigenvalue weighted by molar-refractivity contribution is 0.330. The van der Waals surface area contributed by atoms with Crippen LogP contribution in [0.2, 0.25) is 0 Å². The molecule has 1 unspecified atom stereocenters. The van der Waals surface area contributed by atoms with Gasteiger partial charge in [-0.25, -0.2) is 4.39 Å². The van der Waals surface area contributed by atoms with E-state index in [0.717, 1.165) is 24.9 Å². The van der Waals surface area contributed by atoms with E-state index in [1.165, 1.54) is 6.07 Å². The zero-order valence-corrected chi connectivity index (χ0v) is 13.9. The first kappa shape index (κ1) is 17.2. The first-order chi connectivity index (χ1) is 9.07. The third-order valence-corrected chi connectivity index (χ3v) is 3.44. The van der Waals surface area contributed by atoms with Gasteiger partial charge in [-0.15, -0.1) is 0 Å². The number of benzene rings is 1. The smallest absolute Gasteiger partial charge is 0.123 e. The Balaban J connectivity index is 2.78. The molecular weight excluding hydrogens is 249 g/mol. The van der Waals surface area contributed by atoms with Gasteiger partial charge < -0.3 is 5.32 Å². The standard InChI is InChI=1S/C18H30FN/c1-17(2,3)11-10-15(13-20-18(4,5)6)14-8-7-9-16(19)12-14/h7-9,12,15,20H,10-11,13H2,1-6H3. The van der Waals surface area contributed by atoms with E-state index < -0.39 is 0 Å². The van der Waals surface area contributed by atoms with Crippen LogP contribution in [0.4, 0.5) is 4.39 Å². The Hall–Kier alpha value is -0.890. The van der Waals surface area contributed by atoms with Gasteiger partial charge in [-0.1, -0.05) is 32.9 Å². The summed E-state index contributed by atoms with van der Waals surface area (Å²) >= 11 is 0. The topological polar surface area (TPSA) is 12.0 Å². The average molecular weight is 279 g/mol. The zero-order chi connectivity index (χ0) is 15.4. The molecule has 114 valence electrons. The molecule has 1 aromatic rings. The Bertz CT molecular complexity index is 394. The molecule has 0 radical (unpaired) electrons. The van der Waals surface area contributed by atoms with Crippen molar-refractivity contribution in [2.75, 3.05) is 6.54 Å². The second-order valence-electron chi connectivity index (χ2n) is 7.98. The molecule has 20 heavy (non-hydrogen) atoms. The fourth-order valence-electron chi connectivity index (χ4n) is 2.18. The Morgan fingerprint density at radius 2 is 1.75 bits per heavy atom. The molecule has 0 fully saturated rings. The van der Waals surface area contributed by atoms with Crippen LogP contribution in [0.5, 0.6) is 0 Å². The van der Waals surface area contributed by atoms with Crippen molar-refractivity contribution in [2.45, 2.75) is 65.8 Å². The Labute approximate surface area is 124 Å². The fourth-order valence-corrected chi connectivity index (χ4v) is 2.18. The maximum Gasteiger partial charge on any atom is 0.123 e. The molecule has 1 aromatic carbocycles. The van der Waals surface area contributed by atoms with E-state index in [1.807, 2.05) is 12.1 Å². The highest BCUT2D eigenvalue weighted by Crippen LogP contribution is 2.29. The molecule has 1 N–H and O–H groups in total. The highest BCUT2D eigenvalue weighted by atomic mass is 19.1.